The zero-order valence-electron chi connectivity index (χ0n) is 13.3. The molecule has 0 aliphatic heterocycles. The average Bonchev–Trinajstić information content (AvgIpc) is 2.58. The Morgan fingerprint density at radius 3 is 2.09 bits per heavy atom. The first-order valence-corrected chi connectivity index (χ1v) is 7.73. The molecule has 2 aromatic rings. The summed E-state index contributed by atoms with van der Waals surface area (Å²) in [4.78, 5) is 11.1. The van der Waals surface area contributed by atoms with Crippen LogP contribution in [0.4, 0.5) is 0 Å². The first kappa shape index (κ1) is 17.0. The number of methoxy groups -OCH3 is 1. The summed E-state index contributed by atoms with van der Waals surface area (Å²) in [5.41, 5.74) is 3.70. The molecule has 0 spiro atoms. The maximum absolute atomic E-state index is 11.1. The van der Waals surface area contributed by atoms with Gasteiger partial charge >= 0.3 is 5.97 Å². The van der Waals surface area contributed by atoms with Gasteiger partial charge in [-0.25, -0.2) is 4.79 Å². The van der Waals surface area contributed by atoms with Crippen LogP contribution < -0.4 is 4.74 Å². The van der Waals surface area contributed by atoms with E-state index in [-0.39, 0.29) is 12.2 Å². The fraction of sp³-hybridized carbons (Fsp3) is 0.316. The van der Waals surface area contributed by atoms with Gasteiger partial charge in [0.15, 0.2) is 0 Å². The third-order valence-electron chi connectivity index (χ3n) is 3.85. The van der Waals surface area contributed by atoms with Gasteiger partial charge in [0.2, 0.25) is 0 Å². The molecule has 0 fully saturated rings. The Bertz CT molecular complexity index is 647. The van der Waals surface area contributed by atoms with Crippen molar-refractivity contribution in [3.63, 3.8) is 0 Å². The monoisotopic (exact) mass is 314 g/mol. The maximum Gasteiger partial charge on any atom is 0.339 e. The second kappa shape index (κ2) is 8.34. The van der Waals surface area contributed by atoms with E-state index in [0.29, 0.717) is 5.75 Å². The number of rotatable bonds is 8. The minimum Gasteiger partial charge on any atom is -0.496 e. The van der Waals surface area contributed by atoms with Gasteiger partial charge in [-0.15, -0.1) is 0 Å². The van der Waals surface area contributed by atoms with Crippen molar-refractivity contribution in [3.05, 3.63) is 64.7 Å². The van der Waals surface area contributed by atoms with E-state index in [9.17, 15) is 4.79 Å². The minimum atomic E-state index is -0.980. The van der Waals surface area contributed by atoms with Crippen molar-refractivity contribution >= 4 is 5.97 Å². The number of aromatic carboxylic acids is 1. The highest BCUT2D eigenvalue weighted by molar-refractivity contribution is 5.90. The van der Waals surface area contributed by atoms with Crippen LogP contribution >= 0.6 is 0 Å². The van der Waals surface area contributed by atoms with Crippen LogP contribution in [0.3, 0.4) is 0 Å². The maximum atomic E-state index is 11.1. The second-order valence-electron chi connectivity index (χ2n) is 5.48. The molecule has 0 amide bonds. The van der Waals surface area contributed by atoms with E-state index in [2.05, 4.69) is 24.3 Å². The Kier molecular flexibility index (Phi) is 6.18. The average molecular weight is 314 g/mol. The van der Waals surface area contributed by atoms with E-state index in [1.807, 2.05) is 6.07 Å². The number of benzene rings is 2. The summed E-state index contributed by atoms with van der Waals surface area (Å²) >= 11 is 0. The van der Waals surface area contributed by atoms with Crippen molar-refractivity contribution in [2.24, 2.45) is 0 Å². The van der Waals surface area contributed by atoms with Crippen molar-refractivity contribution in [1.82, 2.24) is 0 Å². The lowest BCUT2D eigenvalue weighted by molar-refractivity contribution is 0.0693. The fourth-order valence-corrected chi connectivity index (χ4v) is 2.51. The smallest absolute Gasteiger partial charge is 0.339 e. The van der Waals surface area contributed by atoms with Gasteiger partial charge in [-0.3, -0.25) is 0 Å². The second-order valence-corrected chi connectivity index (χ2v) is 5.48. The fourth-order valence-electron chi connectivity index (χ4n) is 2.51. The molecular formula is C19H22O4. The third kappa shape index (κ3) is 4.83. The molecule has 4 nitrogen and oxygen atoms in total. The van der Waals surface area contributed by atoms with Crippen LogP contribution in [0.5, 0.6) is 5.75 Å². The minimum absolute atomic E-state index is 0.185. The Morgan fingerprint density at radius 2 is 1.52 bits per heavy atom. The van der Waals surface area contributed by atoms with Crippen LogP contribution in [0.2, 0.25) is 0 Å². The molecule has 0 radical (unpaired) electrons. The molecule has 2 aromatic carbocycles. The van der Waals surface area contributed by atoms with Gasteiger partial charge in [-0.1, -0.05) is 30.3 Å². The normalized spacial score (nSPS) is 10.5. The van der Waals surface area contributed by atoms with E-state index in [1.54, 1.807) is 12.1 Å². The molecule has 122 valence electrons. The Balaban J connectivity index is 1.99. The molecule has 4 heteroatoms. The number of hydrogen-bond acceptors (Lipinski definition) is 3. The van der Waals surface area contributed by atoms with Crippen LogP contribution in [0.1, 0.15) is 33.5 Å². The predicted octanol–water partition coefficient (Wildman–Crippen LogP) is 3.10. The van der Waals surface area contributed by atoms with E-state index < -0.39 is 5.97 Å². The highest BCUT2D eigenvalue weighted by Crippen LogP contribution is 2.21. The Morgan fingerprint density at radius 1 is 0.957 bits per heavy atom. The molecule has 0 unspecified atom stereocenters. The van der Waals surface area contributed by atoms with Gasteiger partial charge in [0.1, 0.15) is 11.3 Å². The standard InChI is InChI=1S/C19H22O4/c1-23-18-13-16(10-11-17(18)19(21)22)9-8-15-6-4-14(5-7-15)3-2-12-20/h4-7,10-11,13,20H,2-3,8-9,12H2,1H3,(H,21,22). The van der Waals surface area contributed by atoms with Crippen molar-refractivity contribution in [3.8, 4) is 5.75 Å². The van der Waals surface area contributed by atoms with E-state index in [4.69, 9.17) is 14.9 Å². The predicted molar refractivity (Wildman–Crippen MR) is 89.2 cm³/mol. The lowest BCUT2D eigenvalue weighted by atomic mass is 10.0. The number of aliphatic hydroxyl groups is 1. The van der Waals surface area contributed by atoms with Gasteiger partial charge in [0, 0.05) is 6.61 Å². The number of carboxylic acids is 1. The largest absolute Gasteiger partial charge is 0.496 e. The molecule has 23 heavy (non-hydrogen) atoms. The highest BCUT2D eigenvalue weighted by Gasteiger charge is 2.11. The summed E-state index contributed by atoms with van der Waals surface area (Å²) in [5.74, 6) is -0.582. The third-order valence-corrected chi connectivity index (χ3v) is 3.85. The van der Waals surface area contributed by atoms with E-state index in [1.165, 1.54) is 18.2 Å². The molecule has 0 saturated carbocycles. The molecule has 0 saturated heterocycles. The van der Waals surface area contributed by atoms with Gasteiger partial charge in [-0.05, 0) is 54.5 Å². The number of aryl methyl sites for hydroxylation is 3. The van der Waals surface area contributed by atoms with E-state index in [0.717, 1.165) is 31.2 Å². The van der Waals surface area contributed by atoms with Gasteiger partial charge in [0.25, 0.3) is 0 Å². The van der Waals surface area contributed by atoms with Gasteiger partial charge < -0.3 is 14.9 Å². The molecule has 2 N–H and O–H groups in total. The van der Waals surface area contributed by atoms with Crippen molar-refractivity contribution in [1.29, 1.82) is 0 Å². The molecule has 2 rings (SSSR count). The number of hydrogen-bond donors (Lipinski definition) is 2. The SMILES string of the molecule is COc1cc(CCc2ccc(CCCO)cc2)ccc1C(=O)O. The molecule has 0 aliphatic carbocycles. The summed E-state index contributed by atoms with van der Waals surface area (Å²) in [6, 6.07) is 13.6. The first-order chi connectivity index (χ1) is 11.1. The zero-order valence-corrected chi connectivity index (χ0v) is 13.3. The molecule has 0 bridgehead atoms. The topological polar surface area (TPSA) is 66.8 Å². The van der Waals surface area contributed by atoms with E-state index >= 15 is 0 Å². The van der Waals surface area contributed by atoms with Gasteiger partial charge in [-0.2, -0.15) is 0 Å². The Labute approximate surface area is 136 Å². The Hall–Kier alpha value is -2.33. The van der Waals surface area contributed by atoms with Crippen molar-refractivity contribution in [2.45, 2.75) is 25.7 Å². The van der Waals surface area contributed by atoms with Gasteiger partial charge in [0.05, 0.1) is 7.11 Å². The summed E-state index contributed by atoms with van der Waals surface area (Å²) in [5, 5.41) is 17.9. The van der Waals surface area contributed by atoms with Crippen LogP contribution in [0.15, 0.2) is 42.5 Å². The first-order valence-electron chi connectivity index (χ1n) is 7.73. The van der Waals surface area contributed by atoms with Crippen molar-refractivity contribution < 1.29 is 19.7 Å². The van der Waals surface area contributed by atoms with Crippen LogP contribution in [0, 0.1) is 0 Å². The van der Waals surface area contributed by atoms with Crippen LogP contribution in [-0.4, -0.2) is 29.9 Å². The molecular weight excluding hydrogens is 292 g/mol. The quantitative estimate of drug-likeness (QED) is 0.785. The van der Waals surface area contributed by atoms with Crippen LogP contribution in [-0.2, 0) is 19.3 Å². The summed E-state index contributed by atoms with van der Waals surface area (Å²) in [6.45, 7) is 0.218. The molecule has 0 aromatic heterocycles. The molecule has 0 aliphatic rings. The number of carbonyl (C=O) groups is 1. The summed E-state index contributed by atoms with van der Waals surface area (Å²) < 4.78 is 5.15. The molecule has 0 heterocycles. The lowest BCUT2D eigenvalue weighted by Crippen LogP contribution is -2.02. The van der Waals surface area contributed by atoms with Crippen molar-refractivity contribution in [2.75, 3.05) is 13.7 Å². The number of aliphatic hydroxyl groups excluding tert-OH is 1. The summed E-state index contributed by atoms with van der Waals surface area (Å²) in [7, 11) is 1.48. The number of carboxylic acid groups (broad SMARTS) is 1. The number of ether oxygens (including phenoxy) is 1. The molecule has 0 atom stereocenters. The summed E-state index contributed by atoms with van der Waals surface area (Å²) in [6.07, 6.45) is 3.39. The zero-order chi connectivity index (χ0) is 16.7. The lowest BCUT2D eigenvalue weighted by Gasteiger charge is -2.08. The van der Waals surface area contributed by atoms with Crippen LogP contribution in [0.25, 0.3) is 0 Å². The highest BCUT2D eigenvalue weighted by atomic mass is 16.5.